The van der Waals surface area contributed by atoms with Crippen molar-refractivity contribution in [2.75, 3.05) is 39.6 Å². The van der Waals surface area contributed by atoms with Crippen LogP contribution in [0, 0.1) is 0 Å². The van der Waals surface area contributed by atoms with E-state index in [1.165, 1.54) is 128 Å². The monoisotopic (exact) mass is 833 g/mol. The number of phosphoric acid groups is 1. The predicted octanol–water partition coefficient (Wildman–Crippen LogP) is 7.18. The second-order valence-corrected chi connectivity index (χ2v) is 15.8. The molecule has 8 N–H and O–H groups in total. The van der Waals surface area contributed by atoms with Gasteiger partial charge >= 0.3 is 19.8 Å². The van der Waals surface area contributed by atoms with Gasteiger partial charge in [0.05, 0.1) is 33.0 Å². The number of phosphoric ester groups is 1. The molecule has 0 aliphatic carbocycles. The molecule has 0 saturated heterocycles. The molecule has 0 aromatic heterocycles. The van der Waals surface area contributed by atoms with E-state index in [1.807, 2.05) is 0 Å². The van der Waals surface area contributed by atoms with Crippen LogP contribution >= 0.6 is 7.82 Å². The van der Waals surface area contributed by atoms with Crippen molar-refractivity contribution < 1.29 is 68.6 Å². The molecule has 338 valence electrons. The van der Waals surface area contributed by atoms with Crippen LogP contribution in [0.15, 0.2) is 0 Å². The number of carbonyl (C=O) groups excluding carboxylic acids is 2. The molecular weight excluding hydrogens is 747 g/mol. The Morgan fingerprint density at radius 2 is 0.750 bits per heavy atom. The molecule has 14 nitrogen and oxygen atoms in total. The molecule has 0 saturated carbocycles. The Bertz CT molecular complexity index is 842. The molecule has 0 aromatic carbocycles. The third kappa shape index (κ3) is 52.8. The number of carbonyl (C=O) groups is 2. The molecule has 0 fully saturated rings. The van der Waals surface area contributed by atoms with Crippen molar-refractivity contribution in [3.05, 3.63) is 0 Å². The number of ether oxygens (including phenoxy) is 2. The van der Waals surface area contributed by atoms with Crippen molar-refractivity contribution in [3.63, 3.8) is 0 Å². The number of rotatable bonds is 38. The minimum atomic E-state index is -4.74. The molecule has 56 heavy (non-hydrogen) atoms. The van der Waals surface area contributed by atoms with Crippen LogP contribution in [0.3, 0.4) is 0 Å². The Morgan fingerprint density at radius 3 is 1.02 bits per heavy atom. The van der Waals surface area contributed by atoms with Crippen LogP contribution in [0.25, 0.3) is 0 Å². The predicted molar refractivity (Wildman–Crippen MR) is 220 cm³/mol. The molecule has 0 spiro atoms. The maximum atomic E-state index is 12.3. The summed E-state index contributed by atoms with van der Waals surface area (Å²) in [6.07, 6.45) is 29.1. The second-order valence-electron chi connectivity index (χ2n) is 14.6. The van der Waals surface area contributed by atoms with Gasteiger partial charge in [-0.25, -0.2) is 4.57 Å². The van der Waals surface area contributed by atoms with Gasteiger partial charge in [-0.2, -0.15) is 0 Å². The van der Waals surface area contributed by atoms with Crippen LogP contribution in [0.1, 0.15) is 194 Å². The van der Waals surface area contributed by atoms with Gasteiger partial charge in [0, 0.05) is 12.8 Å². The summed E-state index contributed by atoms with van der Waals surface area (Å²) in [5.74, 6) is -0.873. The Balaban J connectivity index is -0.00000201. The first-order valence-corrected chi connectivity index (χ1v) is 23.3. The third-order valence-electron chi connectivity index (χ3n) is 8.97. The summed E-state index contributed by atoms with van der Waals surface area (Å²) in [5, 5.41) is 48.0. The number of hydrogen-bond donors (Lipinski definition) is 8. The molecule has 0 aliphatic rings. The van der Waals surface area contributed by atoms with E-state index in [4.69, 9.17) is 49.9 Å². The van der Waals surface area contributed by atoms with E-state index in [2.05, 4.69) is 18.4 Å². The lowest BCUT2D eigenvalue weighted by molar-refractivity contribution is -0.161. The molecule has 0 radical (unpaired) electrons. The molecule has 1 unspecified atom stereocenters. The summed E-state index contributed by atoms with van der Waals surface area (Å²) in [6, 6.07) is 0. The van der Waals surface area contributed by atoms with Gasteiger partial charge < -0.3 is 49.9 Å². The summed E-state index contributed by atoms with van der Waals surface area (Å²) in [4.78, 5) is 42.6. The largest absolute Gasteiger partial charge is 0.469 e. The molecule has 0 aromatic rings. The molecule has 0 bridgehead atoms. The van der Waals surface area contributed by atoms with Gasteiger partial charge in [-0.3, -0.25) is 14.1 Å². The van der Waals surface area contributed by atoms with Crippen molar-refractivity contribution in [2.45, 2.75) is 212 Å². The standard InChI is InChI=1S/C35H69O8P.2C3H8O3/c1-3-5-7-9-11-13-15-17-19-21-23-25-27-29-34(36)41-31-33(32-42-44(38,39)40)43-35(37)30-28-26-24-22-20-18-16-14-12-10-8-6-4-2;2*4-1-3(6)2-5/h33H,3-32H2,1-2H3,(H2,38,39,40);2*3-6H,1-2H2. The lowest BCUT2D eigenvalue weighted by Crippen LogP contribution is -2.29. The summed E-state index contributed by atoms with van der Waals surface area (Å²) < 4.78 is 26.3. The lowest BCUT2D eigenvalue weighted by Gasteiger charge is -2.18. The number of aliphatic hydroxyl groups excluding tert-OH is 6. The first-order chi connectivity index (χ1) is 26.9. The molecule has 1 atom stereocenters. The van der Waals surface area contributed by atoms with Crippen molar-refractivity contribution >= 4 is 19.8 Å². The molecule has 0 amide bonds. The highest BCUT2D eigenvalue weighted by molar-refractivity contribution is 7.46. The van der Waals surface area contributed by atoms with Gasteiger partial charge in [0.1, 0.15) is 18.8 Å². The number of unbranched alkanes of at least 4 members (excludes halogenated alkanes) is 24. The van der Waals surface area contributed by atoms with E-state index >= 15 is 0 Å². The quantitative estimate of drug-likeness (QED) is 0.0175. The molecule has 0 aliphatic heterocycles. The van der Waals surface area contributed by atoms with Crippen molar-refractivity contribution in [3.8, 4) is 0 Å². The van der Waals surface area contributed by atoms with Gasteiger partial charge in [-0.1, -0.05) is 168 Å². The fourth-order valence-corrected chi connectivity index (χ4v) is 5.85. The Morgan fingerprint density at radius 1 is 0.464 bits per heavy atom. The van der Waals surface area contributed by atoms with E-state index in [0.717, 1.165) is 32.1 Å². The van der Waals surface area contributed by atoms with Gasteiger partial charge in [0.25, 0.3) is 0 Å². The zero-order chi connectivity index (χ0) is 42.5. The van der Waals surface area contributed by atoms with Crippen LogP contribution in [-0.4, -0.2) is 110 Å². The highest BCUT2D eigenvalue weighted by atomic mass is 31.2. The smallest absolute Gasteiger partial charge is 0.462 e. The average molecular weight is 833 g/mol. The Labute approximate surface area is 339 Å². The third-order valence-corrected chi connectivity index (χ3v) is 9.45. The normalized spacial score (nSPS) is 11.9. The van der Waals surface area contributed by atoms with Crippen LogP contribution in [0.4, 0.5) is 0 Å². The van der Waals surface area contributed by atoms with Crippen molar-refractivity contribution in [1.29, 1.82) is 0 Å². The van der Waals surface area contributed by atoms with Crippen LogP contribution < -0.4 is 0 Å². The summed E-state index contributed by atoms with van der Waals surface area (Å²) in [5.41, 5.74) is 0. The number of aliphatic hydroxyl groups is 6. The summed E-state index contributed by atoms with van der Waals surface area (Å²) >= 11 is 0. The fourth-order valence-electron chi connectivity index (χ4n) is 5.49. The zero-order valence-corrected chi connectivity index (χ0v) is 36.1. The Hall–Kier alpha value is -1.19. The van der Waals surface area contributed by atoms with Crippen LogP contribution in [0.5, 0.6) is 0 Å². The minimum Gasteiger partial charge on any atom is -0.462 e. The molecule has 15 heteroatoms. The SMILES string of the molecule is CCCCCCCCCCCCCCCC(=O)OCC(COP(=O)(O)O)OC(=O)CCCCCCCCCCCCCCC.OCC(O)CO.OCC(O)CO. The van der Waals surface area contributed by atoms with Crippen LogP contribution in [0.2, 0.25) is 0 Å². The van der Waals surface area contributed by atoms with Gasteiger partial charge in [0.15, 0.2) is 6.10 Å². The zero-order valence-electron chi connectivity index (χ0n) is 35.2. The van der Waals surface area contributed by atoms with E-state index < -0.39 is 44.7 Å². The topological polar surface area (TPSA) is 241 Å². The Kier molecular flexibility index (Phi) is 49.1. The van der Waals surface area contributed by atoms with Gasteiger partial charge in [-0.15, -0.1) is 0 Å². The molecular formula is C41H85O14P. The van der Waals surface area contributed by atoms with E-state index in [1.54, 1.807) is 0 Å². The van der Waals surface area contributed by atoms with Crippen molar-refractivity contribution in [1.82, 2.24) is 0 Å². The highest BCUT2D eigenvalue weighted by Crippen LogP contribution is 2.36. The average Bonchev–Trinajstić information content (AvgIpc) is 3.18. The first-order valence-electron chi connectivity index (χ1n) is 21.7. The number of hydrogen-bond acceptors (Lipinski definition) is 12. The molecule has 0 heterocycles. The molecule has 0 rings (SSSR count). The van der Waals surface area contributed by atoms with Gasteiger partial charge in [-0.05, 0) is 12.8 Å². The van der Waals surface area contributed by atoms with E-state index in [9.17, 15) is 14.2 Å². The summed E-state index contributed by atoms with van der Waals surface area (Å²) in [6.45, 7) is 2.22. The second kappa shape index (κ2) is 46.5. The van der Waals surface area contributed by atoms with Crippen LogP contribution in [-0.2, 0) is 28.2 Å². The minimum absolute atomic E-state index is 0.219. The number of esters is 2. The maximum Gasteiger partial charge on any atom is 0.469 e. The highest BCUT2D eigenvalue weighted by Gasteiger charge is 2.23. The lowest BCUT2D eigenvalue weighted by atomic mass is 10.0. The van der Waals surface area contributed by atoms with Crippen molar-refractivity contribution in [2.24, 2.45) is 0 Å². The summed E-state index contributed by atoms with van der Waals surface area (Å²) in [7, 11) is -4.74. The fraction of sp³-hybridized carbons (Fsp3) is 0.951. The first kappa shape index (κ1) is 59.1. The van der Waals surface area contributed by atoms with E-state index in [-0.39, 0.29) is 45.9 Å². The van der Waals surface area contributed by atoms with Gasteiger partial charge in [0.2, 0.25) is 0 Å². The van der Waals surface area contributed by atoms with E-state index in [0.29, 0.717) is 6.42 Å². The maximum absolute atomic E-state index is 12.3.